The number of amides is 1. The molecule has 0 aliphatic heterocycles. The molecule has 1 amide bonds. The molecule has 2 N–H and O–H groups in total. The van der Waals surface area contributed by atoms with Crippen molar-refractivity contribution in [3.8, 4) is 0 Å². The number of carboxylic acids is 1. The largest absolute Gasteiger partial charge is 0.480 e. The van der Waals surface area contributed by atoms with Gasteiger partial charge < -0.3 is 10.4 Å². The SMILES string of the molecule is CCCN(CC(=O)O)C(C)C(=O)Nc1ccc(C)cc1Br.Cl. The number of nitrogens with zero attached hydrogens (tertiary/aromatic N) is 1. The van der Waals surface area contributed by atoms with Gasteiger partial charge in [-0.1, -0.05) is 13.0 Å². The third kappa shape index (κ3) is 6.34. The van der Waals surface area contributed by atoms with E-state index < -0.39 is 12.0 Å². The number of rotatable bonds is 7. The van der Waals surface area contributed by atoms with E-state index in [4.69, 9.17) is 5.11 Å². The van der Waals surface area contributed by atoms with Crippen LogP contribution in [0.4, 0.5) is 5.69 Å². The minimum absolute atomic E-state index is 0. The van der Waals surface area contributed by atoms with Gasteiger partial charge in [-0.2, -0.15) is 0 Å². The zero-order valence-electron chi connectivity index (χ0n) is 12.9. The van der Waals surface area contributed by atoms with E-state index in [2.05, 4.69) is 21.2 Å². The molecule has 1 aromatic carbocycles. The molecule has 0 saturated carbocycles. The molecule has 1 rings (SSSR count). The lowest BCUT2D eigenvalue weighted by atomic mass is 10.2. The molecule has 0 radical (unpaired) electrons. The Labute approximate surface area is 145 Å². The van der Waals surface area contributed by atoms with Crippen molar-refractivity contribution in [2.75, 3.05) is 18.4 Å². The Morgan fingerprint density at radius 2 is 2.05 bits per heavy atom. The van der Waals surface area contributed by atoms with Crippen molar-refractivity contribution >= 4 is 45.9 Å². The molecule has 0 saturated heterocycles. The average molecular weight is 394 g/mol. The molecule has 1 atom stereocenters. The number of hydrogen-bond acceptors (Lipinski definition) is 3. The van der Waals surface area contributed by atoms with Crippen LogP contribution in [0.1, 0.15) is 25.8 Å². The fraction of sp³-hybridized carbons (Fsp3) is 0.467. The molecule has 0 bridgehead atoms. The third-order valence-corrected chi connectivity index (χ3v) is 3.81. The molecule has 0 aromatic heterocycles. The summed E-state index contributed by atoms with van der Waals surface area (Å²) in [4.78, 5) is 24.8. The molecule has 0 aliphatic carbocycles. The first-order valence-electron chi connectivity index (χ1n) is 6.88. The van der Waals surface area contributed by atoms with Gasteiger partial charge in [0.05, 0.1) is 18.3 Å². The summed E-state index contributed by atoms with van der Waals surface area (Å²) in [6.45, 7) is 6.06. The summed E-state index contributed by atoms with van der Waals surface area (Å²) in [6.07, 6.45) is 0.791. The normalized spacial score (nSPS) is 11.7. The second kappa shape index (κ2) is 9.82. The van der Waals surface area contributed by atoms with Gasteiger partial charge in [0, 0.05) is 4.47 Å². The third-order valence-electron chi connectivity index (χ3n) is 3.16. The van der Waals surface area contributed by atoms with E-state index >= 15 is 0 Å². The summed E-state index contributed by atoms with van der Waals surface area (Å²) < 4.78 is 0.809. The molecule has 1 aromatic rings. The first-order chi connectivity index (χ1) is 9.85. The van der Waals surface area contributed by atoms with Gasteiger partial charge in [0.2, 0.25) is 5.91 Å². The number of nitrogens with one attached hydrogen (secondary N) is 1. The molecule has 0 fully saturated rings. The minimum atomic E-state index is -0.931. The van der Waals surface area contributed by atoms with Crippen LogP contribution in [-0.4, -0.2) is 41.0 Å². The fourth-order valence-electron chi connectivity index (χ4n) is 2.00. The Hall–Kier alpha value is -1.11. The highest BCUT2D eigenvalue weighted by Crippen LogP contribution is 2.23. The zero-order chi connectivity index (χ0) is 16.0. The van der Waals surface area contributed by atoms with E-state index in [9.17, 15) is 9.59 Å². The maximum absolute atomic E-state index is 12.3. The van der Waals surface area contributed by atoms with Crippen molar-refractivity contribution in [3.05, 3.63) is 28.2 Å². The molecule has 1 unspecified atom stereocenters. The maximum atomic E-state index is 12.3. The topological polar surface area (TPSA) is 69.6 Å². The predicted molar refractivity (Wildman–Crippen MR) is 93.7 cm³/mol. The van der Waals surface area contributed by atoms with Crippen molar-refractivity contribution in [1.82, 2.24) is 4.90 Å². The molecule has 0 heterocycles. The van der Waals surface area contributed by atoms with Crippen LogP contribution in [0.2, 0.25) is 0 Å². The summed E-state index contributed by atoms with van der Waals surface area (Å²) in [5.41, 5.74) is 1.77. The summed E-state index contributed by atoms with van der Waals surface area (Å²) in [6, 6.07) is 5.15. The van der Waals surface area contributed by atoms with Gasteiger partial charge in [0.1, 0.15) is 0 Å². The fourth-order valence-corrected chi connectivity index (χ4v) is 2.59. The van der Waals surface area contributed by atoms with Crippen molar-refractivity contribution < 1.29 is 14.7 Å². The van der Waals surface area contributed by atoms with Crippen LogP contribution in [0.25, 0.3) is 0 Å². The Balaban J connectivity index is 0.00000441. The number of hydrogen-bond donors (Lipinski definition) is 2. The van der Waals surface area contributed by atoms with Crippen LogP contribution in [0.3, 0.4) is 0 Å². The van der Waals surface area contributed by atoms with E-state index in [0.29, 0.717) is 12.2 Å². The predicted octanol–water partition coefficient (Wildman–Crippen LogP) is 3.30. The number of halogens is 2. The van der Waals surface area contributed by atoms with Crippen molar-refractivity contribution in [3.63, 3.8) is 0 Å². The first kappa shape index (κ1) is 20.9. The Morgan fingerprint density at radius 3 is 2.55 bits per heavy atom. The van der Waals surface area contributed by atoms with E-state index in [0.717, 1.165) is 16.5 Å². The molecule has 0 aliphatic rings. The number of aliphatic carboxylic acids is 1. The summed E-state index contributed by atoms with van der Waals surface area (Å²) in [7, 11) is 0. The van der Waals surface area contributed by atoms with Crippen LogP contribution < -0.4 is 5.32 Å². The van der Waals surface area contributed by atoms with Gasteiger partial charge in [-0.25, -0.2) is 0 Å². The Kier molecular flexibility index (Phi) is 9.32. The van der Waals surface area contributed by atoms with Gasteiger partial charge in [-0.05, 0) is 60.4 Å². The molecule has 124 valence electrons. The Bertz CT molecular complexity index is 526. The molecular formula is C15H22BrClN2O3. The highest BCUT2D eigenvalue weighted by molar-refractivity contribution is 9.10. The van der Waals surface area contributed by atoms with Crippen LogP contribution in [0.5, 0.6) is 0 Å². The Morgan fingerprint density at radius 1 is 1.41 bits per heavy atom. The number of aryl methyl sites for hydroxylation is 1. The first-order valence-corrected chi connectivity index (χ1v) is 7.67. The monoisotopic (exact) mass is 392 g/mol. The van der Waals surface area contributed by atoms with Crippen molar-refractivity contribution in [2.45, 2.75) is 33.2 Å². The summed E-state index contributed by atoms with van der Waals surface area (Å²) in [5, 5.41) is 11.8. The summed E-state index contributed by atoms with van der Waals surface area (Å²) in [5.74, 6) is -1.14. The maximum Gasteiger partial charge on any atom is 0.317 e. The van der Waals surface area contributed by atoms with E-state index in [-0.39, 0.29) is 24.9 Å². The van der Waals surface area contributed by atoms with Gasteiger partial charge in [-0.15, -0.1) is 12.4 Å². The minimum Gasteiger partial charge on any atom is -0.480 e. The van der Waals surface area contributed by atoms with Crippen LogP contribution in [0, 0.1) is 6.92 Å². The second-order valence-electron chi connectivity index (χ2n) is 5.01. The number of anilines is 1. The van der Waals surface area contributed by atoms with Crippen molar-refractivity contribution in [1.29, 1.82) is 0 Å². The lowest BCUT2D eigenvalue weighted by molar-refractivity contribution is -0.139. The highest BCUT2D eigenvalue weighted by Gasteiger charge is 2.23. The quantitative estimate of drug-likeness (QED) is 0.746. The lowest BCUT2D eigenvalue weighted by Gasteiger charge is -2.26. The van der Waals surface area contributed by atoms with Gasteiger partial charge >= 0.3 is 5.97 Å². The van der Waals surface area contributed by atoms with Crippen LogP contribution in [0.15, 0.2) is 22.7 Å². The number of benzene rings is 1. The average Bonchev–Trinajstić information content (AvgIpc) is 2.40. The van der Waals surface area contributed by atoms with Gasteiger partial charge in [0.15, 0.2) is 0 Å². The zero-order valence-corrected chi connectivity index (χ0v) is 15.3. The number of carbonyl (C=O) groups is 2. The van der Waals surface area contributed by atoms with Crippen LogP contribution in [-0.2, 0) is 9.59 Å². The lowest BCUT2D eigenvalue weighted by Crippen LogP contribution is -2.45. The van der Waals surface area contributed by atoms with Gasteiger partial charge in [-0.3, -0.25) is 14.5 Å². The molecule has 7 heteroatoms. The molecular weight excluding hydrogens is 372 g/mol. The van der Waals surface area contributed by atoms with E-state index in [1.165, 1.54) is 0 Å². The molecule has 0 spiro atoms. The highest BCUT2D eigenvalue weighted by atomic mass is 79.9. The standard InChI is InChI=1S/C15H21BrN2O3.ClH/c1-4-7-18(9-14(19)20)11(3)15(21)17-13-6-5-10(2)8-12(13)16;/h5-6,8,11H,4,7,9H2,1-3H3,(H,17,21)(H,19,20);1H. The van der Waals surface area contributed by atoms with Crippen molar-refractivity contribution in [2.24, 2.45) is 0 Å². The van der Waals surface area contributed by atoms with Gasteiger partial charge in [0.25, 0.3) is 0 Å². The number of carbonyl (C=O) groups excluding carboxylic acids is 1. The number of carboxylic acid groups (broad SMARTS) is 1. The molecule has 22 heavy (non-hydrogen) atoms. The van der Waals surface area contributed by atoms with E-state index in [1.807, 2.05) is 32.0 Å². The second-order valence-corrected chi connectivity index (χ2v) is 5.87. The molecule has 5 nitrogen and oxygen atoms in total. The summed E-state index contributed by atoms with van der Waals surface area (Å²) >= 11 is 3.41. The van der Waals surface area contributed by atoms with Crippen LogP contribution >= 0.6 is 28.3 Å². The van der Waals surface area contributed by atoms with E-state index in [1.54, 1.807) is 11.8 Å². The smallest absolute Gasteiger partial charge is 0.317 e.